The highest BCUT2D eigenvalue weighted by Crippen LogP contribution is 2.30. The Labute approximate surface area is 157 Å². The fourth-order valence-corrected chi connectivity index (χ4v) is 5.24. The zero-order valence-electron chi connectivity index (χ0n) is 16.0. The highest BCUT2D eigenvalue weighted by atomic mass is 32.2. The van der Waals surface area contributed by atoms with Crippen molar-refractivity contribution in [1.82, 2.24) is 9.29 Å². The zero-order valence-corrected chi connectivity index (χ0v) is 16.8. The van der Waals surface area contributed by atoms with Crippen LogP contribution in [0.15, 0.2) is 30.3 Å². The van der Waals surface area contributed by atoms with Gasteiger partial charge < -0.3 is 4.90 Å². The SMILES string of the molecule is CCCc1cc(N2CCC(N(CC)S(C)(=O)=O)CC2)c2ccccc2n1. The summed E-state index contributed by atoms with van der Waals surface area (Å²) >= 11 is 0. The summed E-state index contributed by atoms with van der Waals surface area (Å²) in [7, 11) is -3.14. The van der Waals surface area contributed by atoms with E-state index >= 15 is 0 Å². The van der Waals surface area contributed by atoms with E-state index in [4.69, 9.17) is 4.98 Å². The van der Waals surface area contributed by atoms with Crippen molar-refractivity contribution in [2.75, 3.05) is 30.8 Å². The Morgan fingerprint density at radius 3 is 2.50 bits per heavy atom. The lowest BCUT2D eigenvalue weighted by Crippen LogP contribution is -2.47. The summed E-state index contributed by atoms with van der Waals surface area (Å²) in [5.41, 5.74) is 3.41. The Morgan fingerprint density at radius 2 is 1.88 bits per heavy atom. The van der Waals surface area contributed by atoms with Crippen LogP contribution in [-0.4, -0.2) is 49.6 Å². The summed E-state index contributed by atoms with van der Waals surface area (Å²) < 4.78 is 25.7. The lowest BCUT2D eigenvalue weighted by atomic mass is 10.0. The lowest BCUT2D eigenvalue weighted by Gasteiger charge is -2.38. The van der Waals surface area contributed by atoms with Gasteiger partial charge in [-0.1, -0.05) is 38.5 Å². The van der Waals surface area contributed by atoms with Crippen molar-refractivity contribution in [3.63, 3.8) is 0 Å². The van der Waals surface area contributed by atoms with E-state index in [0.29, 0.717) is 6.54 Å². The Balaban J connectivity index is 1.85. The topological polar surface area (TPSA) is 53.5 Å². The van der Waals surface area contributed by atoms with E-state index in [1.165, 1.54) is 17.3 Å². The predicted molar refractivity (Wildman–Crippen MR) is 108 cm³/mol. The summed E-state index contributed by atoms with van der Waals surface area (Å²) in [6, 6.07) is 10.6. The standard InChI is InChI=1S/C20H29N3O2S/c1-4-8-16-15-20(18-9-6-7-10-19(18)21-16)22-13-11-17(12-14-22)23(5-2)26(3,24)25/h6-7,9-10,15,17H,4-5,8,11-14H2,1-3H3. The average molecular weight is 376 g/mol. The van der Waals surface area contributed by atoms with Crippen LogP contribution in [0.5, 0.6) is 0 Å². The molecule has 5 nitrogen and oxygen atoms in total. The van der Waals surface area contributed by atoms with E-state index in [9.17, 15) is 8.42 Å². The van der Waals surface area contributed by atoms with Gasteiger partial charge in [-0.25, -0.2) is 8.42 Å². The Kier molecular flexibility index (Phi) is 5.82. The highest BCUT2D eigenvalue weighted by molar-refractivity contribution is 7.88. The Bertz CT molecular complexity index is 858. The molecule has 1 aliphatic rings. The van der Waals surface area contributed by atoms with E-state index in [1.807, 2.05) is 13.0 Å². The number of aryl methyl sites for hydroxylation is 1. The molecule has 2 heterocycles. The molecule has 0 aliphatic carbocycles. The van der Waals surface area contributed by atoms with Gasteiger partial charge in [-0.2, -0.15) is 4.31 Å². The molecule has 26 heavy (non-hydrogen) atoms. The van der Waals surface area contributed by atoms with Gasteiger partial charge in [0.2, 0.25) is 10.0 Å². The summed E-state index contributed by atoms with van der Waals surface area (Å²) in [5.74, 6) is 0. The molecule has 1 aromatic heterocycles. The second-order valence-corrected chi connectivity index (χ2v) is 9.02. The molecule has 1 saturated heterocycles. The van der Waals surface area contributed by atoms with Crippen molar-refractivity contribution in [3.05, 3.63) is 36.0 Å². The molecule has 0 saturated carbocycles. The van der Waals surface area contributed by atoms with Crippen LogP contribution in [0.25, 0.3) is 10.9 Å². The summed E-state index contributed by atoms with van der Waals surface area (Å²) in [4.78, 5) is 7.19. The Hall–Kier alpha value is -1.66. The van der Waals surface area contributed by atoms with E-state index < -0.39 is 10.0 Å². The van der Waals surface area contributed by atoms with Gasteiger partial charge in [-0.15, -0.1) is 0 Å². The van der Waals surface area contributed by atoms with Crippen LogP contribution >= 0.6 is 0 Å². The Morgan fingerprint density at radius 1 is 1.19 bits per heavy atom. The molecular weight excluding hydrogens is 346 g/mol. The van der Waals surface area contributed by atoms with Gasteiger partial charge in [0, 0.05) is 42.4 Å². The third-order valence-electron chi connectivity index (χ3n) is 5.20. The summed E-state index contributed by atoms with van der Waals surface area (Å²) in [6.07, 6.45) is 5.09. The van der Waals surface area contributed by atoms with E-state index in [0.717, 1.165) is 50.0 Å². The second kappa shape index (κ2) is 7.92. The van der Waals surface area contributed by atoms with Gasteiger partial charge in [-0.05, 0) is 31.4 Å². The summed E-state index contributed by atoms with van der Waals surface area (Å²) in [6.45, 7) is 6.38. The highest BCUT2D eigenvalue weighted by Gasteiger charge is 2.29. The third-order valence-corrected chi connectivity index (χ3v) is 6.61. The number of pyridine rings is 1. The summed E-state index contributed by atoms with van der Waals surface area (Å²) in [5, 5.41) is 1.18. The molecule has 142 valence electrons. The smallest absolute Gasteiger partial charge is 0.211 e. The van der Waals surface area contributed by atoms with Crippen molar-refractivity contribution in [1.29, 1.82) is 0 Å². The number of aromatic nitrogens is 1. The lowest BCUT2D eigenvalue weighted by molar-refractivity contribution is 0.285. The van der Waals surface area contributed by atoms with Crippen LogP contribution in [0.1, 0.15) is 38.8 Å². The largest absolute Gasteiger partial charge is 0.371 e. The van der Waals surface area contributed by atoms with Gasteiger partial charge in [0.05, 0.1) is 11.8 Å². The number of hydrogen-bond donors (Lipinski definition) is 0. The monoisotopic (exact) mass is 375 g/mol. The number of anilines is 1. The van der Waals surface area contributed by atoms with Crippen molar-refractivity contribution in [2.45, 2.75) is 45.6 Å². The second-order valence-electron chi connectivity index (χ2n) is 7.08. The van der Waals surface area contributed by atoms with Crippen LogP contribution in [0, 0.1) is 0 Å². The predicted octanol–water partition coefficient (Wildman–Crippen LogP) is 3.44. The zero-order chi connectivity index (χ0) is 18.7. The molecule has 6 heteroatoms. The van der Waals surface area contributed by atoms with Crippen molar-refractivity contribution in [3.8, 4) is 0 Å². The molecule has 0 atom stereocenters. The third kappa shape index (κ3) is 4.01. The van der Waals surface area contributed by atoms with Gasteiger partial charge >= 0.3 is 0 Å². The first-order valence-electron chi connectivity index (χ1n) is 9.54. The molecule has 0 N–H and O–H groups in total. The van der Waals surface area contributed by atoms with E-state index in [-0.39, 0.29) is 6.04 Å². The van der Waals surface area contributed by atoms with Crippen LogP contribution in [0.3, 0.4) is 0 Å². The number of benzene rings is 1. The minimum atomic E-state index is -3.14. The molecule has 3 rings (SSSR count). The maximum atomic E-state index is 12.0. The number of hydrogen-bond acceptors (Lipinski definition) is 4. The quantitative estimate of drug-likeness (QED) is 0.776. The van der Waals surface area contributed by atoms with Gasteiger partial charge in [0.15, 0.2) is 0 Å². The normalized spacial score (nSPS) is 16.5. The number of sulfonamides is 1. The number of piperidine rings is 1. The minimum Gasteiger partial charge on any atom is -0.371 e. The maximum Gasteiger partial charge on any atom is 0.211 e. The fourth-order valence-electron chi connectivity index (χ4n) is 4.01. The van der Waals surface area contributed by atoms with Crippen LogP contribution in [0.2, 0.25) is 0 Å². The fraction of sp³-hybridized carbons (Fsp3) is 0.550. The van der Waals surface area contributed by atoms with E-state index in [2.05, 4.69) is 36.1 Å². The van der Waals surface area contributed by atoms with Gasteiger partial charge in [-0.3, -0.25) is 4.98 Å². The molecule has 0 amide bonds. The number of fused-ring (bicyclic) bond motifs is 1. The first kappa shape index (κ1) is 19.1. The van der Waals surface area contributed by atoms with Crippen molar-refractivity contribution in [2.24, 2.45) is 0 Å². The molecule has 0 spiro atoms. The van der Waals surface area contributed by atoms with Gasteiger partial charge in [0.1, 0.15) is 0 Å². The molecule has 0 radical (unpaired) electrons. The molecular formula is C20H29N3O2S. The number of nitrogens with zero attached hydrogens (tertiary/aromatic N) is 3. The maximum absolute atomic E-state index is 12.0. The number of para-hydroxylation sites is 1. The minimum absolute atomic E-state index is 0.106. The van der Waals surface area contributed by atoms with Crippen molar-refractivity contribution < 1.29 is 8.42 Å². The first-order chi connectivity index (χ1) is 12.4. The molecule has 0 bridgehead atoms. The average Bonchev–Trinajstić information content (AvgIpc) is 2.61. The first-order valence-corrected chi connectivity index (χ1v) is 11.4. The molecule has 1 aliphatic heterocycles. The van der Waals surface area contributed by atoms with E-state index in [1.54, 1.807) is 4.31 Å². The van der Waals surface area contributed by atoms with Crippen LogP contribution in [-0.2, 0) is 16.4 Å². The van der Waals surface area contributed by atoms with Crippen molar-refractivity contribution >= 4 is 26.6 Å². The van der Waals surface area contributed by atoms with Crippen LogP contribution in [0.4, 0.5) is 5.69 Å². The molecule has 2 aromatic rings. The molecule has 0 unspecified atom stereocenters. The van der Waals surface area contributed by atoms with Crippen LogP contribution < -0.4 is 4.90 Å². The molecule has 1 aromatic carbocycles. The molecule has 1 fully saturated rings. The number of rotatable bonds is 6. The van der Waals surface area contributed by atoms with Gasteiger partial charge in [0.25, 0.3) is 0 Å².